The molecule has 0 fully saturated rings. The number of nitrogens with two attached hydrogens (primary N) is 1. The minimum atomic E-state index is -0.432. The van der Waals surface area contributed by atoms with E-state index in [-0.39, 0.29) is 5.96 Å². The van der Waals surface area contributed by atoms with Crippen LogP contribution in [0.1, 0.15) is 31.9 Å². The number of aryl methyl sites for hydroxylation is 2. The molecular formula is C15H24N4O. The Labute approximate surface area is 120 Å². The van der Waals surface area contributed by atoms with Crippen LogP contribution in [0, 0.1) is 6.92 Å². The predicted octanol–water partition coefficient (Wildman–Crippen LogP) is 2.75. The second-order valence-corrected chi connectivity index (χ2v) is 4.54. The molecule has 1 rings (SSSR count). The first-order valence-corrected chi connectivity index (χ1v) is 7.01. The first-order valence-electron chi connectivity index (χ1n) is 7.01. The zero-order valence-corrected chi connectivity index (χ0v) is 12.7. The smallest absolute Gasteiger partial charge is 0.348 e. The molecule has 1 aromatic carbocycles. The van der Waals surface area contributed by atoms with Gasteiger partial charge in [0.2, 0.25) is 5.96 Å². The molecule has 0 spiro atoms. The van der Waals surface area contributed by atoms with Gasteiger partial charge in [-0.3, -0.25) is 0 Å². The Morgan fingerprint density at radius 1 is 1.30 bits per heavy atom. The summed E-state index contributed by atoms with van der Waals surface area (Å²) < 4.78 is 0. The van der Waals surface area contributed by atoms with Crippen molar-refractivity contribution in [2.24, 2.45) is 10.7 Å². The summed E-state index contributed by atoms with van der Waals surface area (Å²) in [5.74, 6) is 0.249. The first-order chi connectivity index (χ1) is 9.53. The van der Waals surface area contributed by atoms with Crippen LogP contribution in [0.15, 0.2) is 23.2 Å². The number of amides is 2. The van der Waals surface area contributed by atoms with Gasteiger partial charge in [-0.15, -0.1) is 0 Å². The van der Waals surface area contributed by atoms with Crippen molar-refractivity contribution < 1.29 is 4.79 Å². The maximum Gasteiger partial charge on any atom is 0.348 e. The van der Waals surface area contributed by atoms with Crippen LogP contribution in [0.3, 0.4) is 0 Å². The number of carbonyl (C=O) groups is 1. The minimum Gasteiger partial charge on any atom is -0.369 e. The molecule has 0 unspecified atom stereocenters. The molecular weight excluding hydrogens is 252 g/mol. The lowest BCUT2D eigenvalue weighted by atomic mass is 10.1. The van der Waals surface area contributed by atoms with E-state index in [1.807, 2.05) is 43.9 Å². The third kappa shape index (κ3) is 3.98. The number of rotatable bonds is 4. The lowest BCUT2D eigenvalue weighted by Crippen LogP contribution is -2.38. The van der Waals surface area contributed by atoms with Gasteiger partial charge in [0.1, 0.15) is 0 Å². The van der Waals surface area contributed by atoms with Crippen molar-refractivity contribution in [2.45, 2.75) is 34.1 Å². The van der Waals surface area contributed by atoms with Crippen molar-refractivity contribution in [3.63, 3.8) is 0 Å². The van der Waals surface area contributed by atoms with Gasteiger partial charge in [0.15, 0.2) is 0 Å². The quantitative estimate of drug-likeness (QED) is 0.656. The van der Waals surface area contributed by atoms with Crippen LogP contribution in [0.5, 0.6) is 0 Å². The number of para-hydroxylation sites is 1. The summed E-state index contributed by atoms with van der Waals surface area (Å²) in [6.45, 7) is 9.41. The van der Waals surface area contributed by atoms with E-state index in [1.54, 1.807) is 0 Å². The van der Waals surface area contributed by atoms with E-state index in [2.05, 4.69) is 17.2 Å². The first kappa shape index (κ1) is 16.0. The fraction of sp³-hybridized carbons (Fsp3) is 0.467. The van der Waals surface area contributed by atoms with Crippen LogP contribution in [0.2, 0.25) is 0 Å². The average Bonchev–Trinajstić information content (AvgIpc) is 2.42. The molecule has 3 N–H and O–H groups in total. The topological polar surface area (TPSA) is 70.7 Å². The number of guanidine groups is 1. The van der Waals surface area contributed by atoms with Gasteiger partial charge in [-0.05, 0) is 38.3 Å². The number of hydrogen-bond acceptors (Lipinski definition) is 1. The van der Waals surface area contributed by atoms with Crippen molar-refractivity contribution >= 4 is 17.7 Å². The van der Waals surface area contributed by atoms with Gasteiger partial charge >= 0.3 is 6.03 Å². The zero-order chi connectivity index (χ0) is 15.1. The maximum absolute atomic E-state index is 12.0. The SMILES string of the molecule is CCc1cccc(C)c1NC(=O)N=C(N)N(CC)CC. The Balaban J connectivity index is 2.89. The summed E-state index contributed by atoms with van der Waals surface area (Å²) in [7, 11) is 0. The molecule has 0 saturated carbocycles. The van der Waals surface area contributed by atoms with E-state index < -0.39 is 6.03 Å². The molecule has 5 heteroatoms. The number of urea groups is 1. The Morgan fingerprint density at radius 2 is 1.95 bits per heavy atom. The highest BCUT2D eigenvalue weighted by Crippen LogP contribution is 2.21. The Kier molecular flexibility index (Phi) is 6.03. The van der Waals surface area contributed by atoms with Crippen LogP contribution >= 0.6 is 0 Å². The molecule has 5 nitrogen and oxygen atoms in total. The highest BCUT2D eigenvalue weighted by Gasteiger charge is 2.10. The van der Waals surface area contributed by atoms with Gasteiger partial charge in [-0.25, -0.2) is 4.79 Å². The molecule has 110 valence electrons. The molecule has 0 aliphatic carbocycles. The summed E-state index contributed by atoms with van der Waals surface area (Å²) >= 11 is 0. The Bertz CT molecular complexity index is 493. The number of benzene rings is 1. The third-order valence-electron chi connectivity index (χ3n) is 3.28. The van der Waals surface area contributed by atoms with Crippen molar-refractivity contribution in [1.29, 1.82) is 0 Å². The van der Waals surface area contributed by atoms with Crippen LogP contribution in [0.25, 0.3) is 0 Å². The van der Waals surface area contributed by atoms with E-state index in [1.165, 1.54) is 0 Å². The second-order valence-electron chi connectivity index (χ2n) is 4.54. The van der Waals surface area contributed by atoms with Crippen LogP contribution in [0.4, 0.5) is 10.5 Å². The summed E-state index contributed by atoms with van der Waals surface area (Å²) in [6, 6.07) is 5.52. The summed E-state index contributed by atoms with van der Waals surface area (Å²) in [4.78, 5) is 17.7. The molecule has 0 heterocycles. The van der Waals surface area contributed by atoms with Crippen LogP contribution < -0.4 is 11.1 Å². The normalized spacial score (nSPS) is 11.3. The Morgan fingerprint density at radius 3 is 2.50 bits per heavy atom. The number of anilines is 1. The van der Waals surface area contributed by atoms with Crippen molar-refractivity contribution in [3.05, 3.63) is 29.3 Å². The van der Waals surface area contributed by atoms with E-state index >= 15 is 0 Å². The summed E-state index contributed by atoms with van der Waals surface area (Å²) in [6.07, 6.45) is 0.854. The van der Waals surface area contributed by atoms with Crippen LogP contribution in [-0.2, 0) is 6.42 Å². The minimum absolute atomic E-state index is 0.249. The molecule has 0 bridgehead atoms. The van der Waals surface area contributed by atoms with Crippen LogP contribution in [-0.4, -0.2) is 30.0 Å². The standard InChI is InChI=1S/C15H24N4O/c1-5-12-10-8-9-11(4)13(12)17-15(20)18-14(16)19(6-2)7-3/h8-10H,5-7H2,1-4H3,(H3,16,17,18,20). The number of hydrogen-bond donors (Lipinski definition) is 2. The number of aliphatic imine (C=N–C) groups is 1. The van der Waals surface area contributed by atoms with E-state index in [9.17, 15) is 4.79 Å². The monoisotopic (exact) mass is 276 g/mol. The van der Waals surface area contributed by atoms with Gasteiger partial charge in [0.05, 0.1) is 0 Å². The van der Waals surface area contributed by atoms with E-state index in [0.717, 1.165) is 36.3 Å². The summed E-state index contributed by atoms with van der Waals surface area (Å²) in [5, 5.41) is 2.83. The molecule has 0 saturated heterocycles. The molecule has 20 heavy (non-hydrogen) atoms. The Hall–Kier alpha value is -2.04. The number of nitrogens with zero attached hydrogens (tertiary/aromatic N) is 2. The lowest BCUT2D eigenvalue weighted by Gasteiger charge is -2.19. The highest BCUT2D eigenvalue weighted by molar-refractivity contribution is 5.99. The van der Waals surface area contributed by atoms with Gasteiger partial charge in [0.25, 0.3) is 0 Å². The van der Waals surface area contributed by atoms with Gasteiger partial charge in [-0.2, -0.15) is 4.99 Å². The molecule has 0 radical (unpaired) electrons. The molecule has 0 atom stereocenters. The van der Waals surface area contributed by atoms with Gasteiger partial charge < -0.3 is 16.0 Å². The molecule has 0 aromatic heterocycles. The lowest BCUT2D eigenvalue weighted by molar-refractivity contribution is 0.259. The maximum atomic E-state index is 12.0. The van der Waals surface area contributed by atoms with Crippen molar-refractivity contribution in [2.75, 3.05) is 18.4 Å². The van der Waals surface area contributed by atoms with Gasteiger partial charge in [-0.1, -0.05) is 25.1 Å². The fourth-order valence-electron chi connectivity index (χ4n) is 2.06. The second kappa shape index (κ2) is 7.53. The number of nitrogens with one attached hydrogen (secondary N) is 1. The van der Waals surface area contributed by atoms with Crippen molar-refractivity contribution in [1.82, 2.24) is 4.90 Å². The zero-order valence-electron chi connectivity index (χ0n) is 12.7. The molecule has 1 aromatic rings. The highest BCUT2D eigenvalue weighted by atomic mass is 16.2. The molecule has 0 aliphatic rings. The van der Waals surface area contributed by atoms with Gasteiger partial charge in [0, 0.05) is 18.8 Å². The third-order valence-corrected chi connectivity index (χ3v) is 3.28. The molecule has 0 aliphatic heterocycles. The van der Waals surface area contributed by atoms with E-state index in [4.69, 9.17) is 5.73 Å². The largest absolute Gasteiger partial charge is 0.369 e. The predicted molar refractivity (Wildman–Crippen MR) is 84.1 cm³/mol. The fourth-order valence-corrected chi connectivity index (χ4v) is 2.06. The number of carbonyl (C=O) groups excluding carboxylic acids is 1. The van der Waals surface area contributed by atoms with Crippen molar-refractivity contribution in [3.8, 4) is 0 Å². The average molecular weight is 276 g/mol. The summed E-state index contributed by atoms with van der Waals surface area (Å²) in [5.41, 5.74) is 8.76. The molecule has 2 amide bonds. The van der Waals surface area contributed by atoms with E-state index in [0.29, 0.717) is 0 Å².